The second-order valence-corrected chi connectivity index (χ2v) is 7.45. The van der Waals surface area contributed by atoms with Gasteiger partial charge in [0.25, 0.3) is 0 Å². The number of carbonyl (C=O) groups excluding carboxylic acids is 1. The lowest BCUT2D eigenvalue weighted by Gasteiger charge is -2.46. The number of nitrogens with one attached hydrogen (secondary N) is 1. The number of hydrogen-bond acceptors (Lipinski definition) is 3. The first kappa shape index (κ1) is 14.3. The van der Waals surface area contributed by atoms with E-state index in [1.807, 2.05) is 0 Å². The first-order valence-corrected chi connectivity index (χ1v) is 8.33. The van der Waals surface area contributed by atoms with Crippen molar-refractivity contribution < 1.29 is 4.79 Å². The lowest BCUT2D eigenvalue weighted by Crippen LogP contribution is -2.58. The number of nitrogens with zero attached hydrogens (tertiary/aromatic N) is 1. The molecular formula is C16H29N3O. The molecule has 3 saturated heterocycles. The maximum Gasteiger partial charge on any atom is 0.223 e. The Labute approximate surface area is 122 Å². The van der Waals surface area contributed by atoms with Crippen molar-refractivity contribution in [1.82, 2.24) is 10.2 Å². The predicted molar refractivity (Wildman–Crippen MR) is 80.1 cm³/mol. The first-order valence-electron chi connectivity index (χ1n) is 8.33. The summed E-state index contributed by atoms with van der Waals surface area (Å²) in [5.74, 6) is 2.10. The summed E-state index contributed by atoms with van der Waals surface area (Å²) >= 11 is 0. The zero-order valence-electron chi connectivity index (χ0n) is 12.8. The molecule has 3 heterocycles. The van der Waals surface area contributed by atoms with Crippen LogP contribution in [0.1, 0.15) is 39.5 Å². The molecule has 1 aliphatic carbocycles. The van der Waals surface area contributed by atoms with Crippen LogP contribution in [0.5, 0.6) is 0 Å². The SMILES string of the molecule is CC1CC(C)C(C(=O)NC2CN3CCC2CC3)CC1N. The van der Waals surface area contributed by atoms with Crippen molar-refractivity contribution in [2.45, 2.75) is 51.6 Å². The van der Waals surface area contributed by atoms with Gasteiger partial charge >= 0.3 is 0 Å². The normalized spacial score (nSPS) is 48.0. The van der Waals surface area contributed by atoms with Gasteiger partial charge in [-0.1, -0.05) is 13.8 Å². The maximum absolute atomic E-state index is 12.6. The topological polar surface area (TPSA) is 58.4 Å². The van der Waals surface area contributed by atoms with Crippen molar-refractivity contribution in [3.8, 4) is 0 Å². The van der Waals surface area contributed by atoms with Crippen LogP contribution in [0.2, 0.25) is 0 Å². The molecule has 4 heteroatoms. The van der Waals surface area contributed by atoms with Crippen molar-refractivity contribution in [1.29, 1.82) is 0 Å². The molecule has 0 aromatic rings. The average Bonchev–Trinajstić information content (AvgIpc) is 2.44. The van der Waals surface area contributed by atoms with Crippen LogP contribution in [0.15, 0.2) is 0 Å². The Bertz CT molecular complexity index is 365. The third-order valence-corrected chi connectivity index (χ3v) is 6.01. The van der Waals surface area contributed by atoms with Crippen LogP contribution in [-0.4, -0.2) is 42.5 Å². The van der Waals surface area contributed by atoms with Gasteiger partial charge in [0.1, 0.15) is 0 Å². The third kappa shape index (κ3) is 2.73. The highest BCUT2D eigenvalue weighted by Crippen LogP contribution is 2.34. The lowest BCUT2D eigenvalue weighted by atomic mass is 9.72. The van der Waals surface area contributed by atoms with Crippen molar-refractivity contribution in [3.05, 3.63) is 0 Å². The van der Waals surface area contributed by atoms with Gasteiger partial charge in [-0.05, 0) is 56.5 Å². The number of hydrogen-bond donors (Lipinski definition) is 2. The summed E-state index contributed by atoms with van der Waals surface area (Å²) in [6.45, 7) is 7.92. The van der Waals surface area contributed by atoms with E-state index in [0.717, 1.165) is 19.4 Å². The van der Waals surface area contributed by atoms with Crippen molar-refractivity contribution in [3.63, 3.8) is 0 Å². The van der Waals surface area contributed by atoms with Crippen LogP contribution in [0, 0.1) is 23.7 Å². The van der Waals surface area contributed by atoms with E-state index in [2.05, 4.69) is 24.1 Å². The molecule has 1 amide bonds. The third-order valence-electron chi connectivity index (χ3n) is 6.01. The second kappa shape index (κ2) is 5.64. The van der Waals surface area contributed by atoms with E-state index < -0.39 is 0 Å². The van der Waals surface area contributed by atoms with E-state index in [1.54, 1.807) is 0 Å². The predicted octanol–water partition coefficient (Wildman–Crippen LogP) is 1.21. The van der Waals surface area contributed by atoms with Gasteiger partial charge in [-0.15, -0.1) is 0 Å². The molecule has 114 valence electrons. The fourth-order valence-electron chi connectivity index (χ4n) is 4.47. The zero-order valence-corrected chi connectivity index (χ0v) is 12.8. The molecule has 3 aliphatic heterocycles. The summed E-state index contributed by atoms with van der Waals surface area (Å²) < 4.78 is 0. The van der Waals surface area contributed by atoms with Gasteiger partial charge in [-0.3, -0.25) is 4.79 Å². The van der Waals surface area contributed by atoms with E-state index >= 15 is 0 Å². The molecule has 4 aliphatic rings. The Morgan fingerprint density at radius 1 is 1.15 bits per heavy atom. The number of piperidine rings is 3. The molecule has 0 aromatic carbocycles. The second-order valence-electron chi connectivity index (χ2n) is 7.45. The van der Waals surface area contributed by atoms with E-state index in [-0.39, 0.29) is 17.9 Å². The van der Waals surface area contributed by atoms with Crippen LogP contribution < -0.4 is 11.1 Å². The van der Waals surface area contributed by atoms with Gasteiger partial charge < -0.3 is 16.0 Å². The van der Waals surface area contributed by atoms with Gasteiger partial charge in [0.15, 0.2) is 0 Å². The minimum Gasteiger partial charge on any atom is -0.352 e. The summed E-state index contributed by atoms with van der Waals surface area (Å²) in [6.07, 6.45) is 4.44. The first-order chi connectivity index (χ1) is 9.54. The molecule has 20 heavy (non-hydrogen) atoms. The molecule has 0 radical (unpaired) electrons. The summed E-state index contributed by atoms with van der Waals surface area (Å²) in [7, 11) is 0. The maximum atomic E-state index is 12.6. The Hall–Kier alpha value is -0.610. The molecular weight excluding hydrogens is 250 g/mol. The molecule has 1 saturated carbocycles. The van der Waals surface area contributed by atoms with Crippen LogP contribution in [0.4, 0.5) is 0 Å². The minimum atomic E-state index is 0.122. The summed E-state index contributed by atoms with van der Waals surface area (Å²) in [6, 6.07) is 0.571. The highest BCUT2D eigenvalue weighted by atomic mass is 16.2. The Morgan fingerprint density at radius 2 is 1.85 bits per heavy atom. The van der Waals surface area contributed by atoms with Crippen LogP contribution in [-0.2, 0) is 4.79 Å². The molecule has 5 unspecified atom stereocenters. The van der Waals surface area contributed by atoms with Crippen molar-refractivity contribution >= 4 is 5.91 Å². The summed E-state index contributed by atoms with van der Waals surface area (Å²) in [4.78, 5) is 15.1. The molecule has 0 spiro atoms. The monoisotopic (exact) mass is 279 g/mol. The van der Waals surface area contributed by atoms with Gasteiger partial charge in [0.2, 0.25) is 5.91 Å². The Morgan fingerprint density at radius 3 is 2.45 bits per heavy atom. The van der Waals surface area contributed by atoms with E-state index in [0.29, 0.717) is 23.8 Å². The highest BCUT2D eigenvalue weighted by molar-refractivity contribution is 5.79. The number of carbonyl (C=O) groups is 1. The number of amides is 1. The largest absolute Gasteiger partial charge is 0.352 e. The highest BCUT2D eigenvalue weighted by Gasteiger charge is 2.39. The lowest BCUT2D eigenvalue weighted by molar-refractivity contribution is -0.130. The van der Waals surface area contributed by atoms with Crippen LogP contribution >= 0.6 is 0 Å². The molecule has 2 bridgehead atoms. The minimum absolute atomic E-state index is 0.122. The van der Waals surface area contributed by atoms with Gasteiger partial charge in [0, 0.05) is 24.5 Å². The fraction of sp³-hybridized carbons (Fsp3) is 0.938. The van der Waals surface area contributed by atoms with Crippen LogP contribution in [0.3, 0.4) is 0 Å². The Kier molecular flexibility index (Phi) is 4.04. The molecule has 4 fully saturated rings. The van der Waals surface area contributed by atoms with E-state index in [9.17, 15) is 4.79 Å². The van der Waals surface area contributed by atoms with E-state index in [1.165, 1.54) is 25.9 Å². The van der Waals surface area contributed by atoms with Crippen molar-refractivity contribution in [2.24, 2.45) is 29.4 Å². The van der Waals surface area contributed by atoms with Crippen LogP contribution in [0.25, 0.3) is 0 Å². The molecule has 4 rings (SSSR count). The fourth-order valence-corrected chi connectivity index (χ4v) is 4.47. The quantitative estimate of drug-likeness (QED) is 0.799. The van der Waals surface area contributed by atoms with E-state index in [4.69, 9.17) is 5.73 Å². The van der Waals surface area contributed by atoms with Gasteiger partial charge in [-0.25, -0.2) is 0 Å². The van der Waals surface area contributed by atoms with Crippen molar-refractivity contribution in [2.75, 3.05) is 19.6 Å². The van der Waals surface area contributed by atoms with Gasteiger partial charge in [0.05, 0.1) is 0 Å². The van der Waals surface area contributed by atoms with Gasteiger partial charge in [-0.2, -0.15) is 0 Å². The zero-order chi connectivity index (χ0) is 14.3. The summed E-state index contributed by atoms with van der Waals surface area (Å²) in [5.41, 5.74) is 6.17. The summed E-state index contributed by atoms with van der Waals surface area (Å²) in [5, 5.41) is 3.35. The Balaban J connectivity index is 1.59. The molecule has 0 aromatic heterocycles. The number of fused-ring (bicyclic) bond motifs is 3. The molecule has 3 N–H and O–H groups in total. The standard InChI is InChI=1S/C16H29N3O/c1-10-7-11(2)14(17)8-13(10)16(20)18-15-9-19-5-3-12(15)4-6-19/h10-15H,3-9,17H2,1-2H3,(H,18,20). The number of rotatable bonds is 2. The smallest absolute Gasteiger partial charge is 0.223 e. The average molecular weight is 279 g/mol. The number of nitrogens with two attached hydrogens (primary N) is 1. The molecule has 5 atom stereocenters. The molecule has 4 nitrogen and oxygen atoms in total.